The maximum atomic E-state index is 9.32. The summed E-state index contributed by atoms with van der Waals surface area (Å²) in [5, 5.41) is 18.6. The van der Waals surface area contributed by atoms with Crippen molar-refractivity contribution in [1.82, 2.24) is 9.80 Å². The first-order chi connectivity index (χ1) is 7.50. The molecule has 1 atom stereocenters. The third kappa shape index (κ3) is 3.70. The van der Waals surface area contributed by atoms with Gasteiger partial charge in [0, 0.05) is 24.5 Å². The number of likely N-dealkylation sites (tertiary alicyclic amines) is 1. The van der Waals surface area contributed by atoms with E-state index in [-0.39, 0.29) is 18.6 Å². The van der Waals surface area contributed by atoms with E-state index in [9.17, 15) is 10.2 Å². The Kier molecular flexibility index (Phi) is 5.18. The Morgan fingerprint density at radius 1 is 1.31 bits per heavy atom. The molecule has 1 unspecified atom stereocenters. The van der Waals surface area contributed by atoms with Gasteiger partial charge in [-0.1, -0.05) is 6.92 Å². The van der Waals surface area contributed by atoms with Gasteiger partial charge in [0.05, 0.1) is 13.2 Å². The minimum Gasteiger partial charge on any atom is -0.396 e. The van der Waals surface area contributed by atoms with Crippen LogP contribution in [0.15, 0.2) is 0 Å². The number of nitrogens with zero attached hydrogens (tertiary/aromatic N) is 2. The molecule has 0 aromatic carbocycles. The van der Waals surface area contributed by atoms with Gasteiger partial charge in [0.2, 0.25) is 0 Å². The monoisotopic (exact) mass is 230 g/mol. The number of likely N-dealkylation sites (N-methyl/N-ethyl adjacent to an activating group) is 1. The molecule has 16 heavy (non-hydrogen) atoms. The van der Waals surface area contributed by atoms with Crippen molar-refractivity contribution in [2.24, 2.45) is 5.41 Å². The Hall–Kier alpha value is -0.160. The highest BCUT2D eigenvalue weighted by Crippen LogP contribution is 2.24. The van der Waals surface area contributed by atoms with Gasteiger partial charge in [0.1, 0.15) is 0 Å². The van der Waals surface area contributed by atoms with Crippen molar-refractivity contribution >= 4 is 0 Å². The molecular formula is C12H26N2O2. The van der Waals surface area contributed by atoms with Crippen LogP contribution in [0.25, 0.3) is 0 Å². The molecule has 0 aliphatic carbocycles. The zero-order chi connectivity index (χ0) is 12.2. The Morgan fingerprint density at radius 3 is 2.44 bits per heavy atom. The van der Waals surface area contributed by atoms with Crippen LogP contribution in [-0.2, 0) is 0 Å². The van der Waals surface area contributed by atoms with E-state index >= 15 is 0 Å². The lowest BCUT2D eigenvalue weighted by Crippen LogP contribution is -2.45. The summed E-state index contributed by atoms with van der Waals surface area (Å²) in [6.07, 6.45) is 2.45. The molecule has 2 N–H and O–H groups in total. The number of hydrogen-bond donors (Lipinski definition) is 2. The second-order valence-corrected chi connectivity index (χ2v) is 5.66. The largest absolute Gasteiger partial charge is 0.396 e. The summed E-state index contributed by atoms with van der Waals surface area (Å²) in [5.74, 6) is 0. The maximum absolute atomic E-state index is 9.32. The van der Waals surface area contributed by atoms with Crippen molar-refractivity contribution in [3.05, 3.63) is 0 Å². The first-order valence-corrected chi connectivity index (χ1v) is 6.11. The Balaban J connectivity index is 2.51. The number of aliphatic hydroxyl groups is 2. The summed E-state index contributed by atoms with van der Waals surface area (Å²) in [6, 6.07) is 0.576. The van der Waals surface area contributed by atoms with Crippen LogP contribution in [0.3, 0.4) is 0 Å². The molecule has 0 saturated carbocycles. The average molecular weight is 230 g/mol. The first kappa shape index (κ1) is 13.9. The molecule has 0 aromatic rings. The lowest BCUT2D eigenvalue weighted by atomic mass is 9.92. The molecule has 0 spiro atoms. The van der Waals surface area contributed by atoms with E-state index in [1.807, 2.05) is 6.92 Å². The first-order valence-electron chi connectivity index (χ1n) is 6.11. The molecule has 0 amide bonds. The number of aliphatic hydroxyl groups excluding tert-OH is 2. The van der Waals surface area contributed by atoms with Gasteiger partial charge in [0.15, 0.2) is 0 Å². The van der Waals surface area contributed by atoms with Crippen molar-refractivity contribution in [1.29, 1.82) is 0 Å². The molecule has 96 valence electrons. The fourth-order valence-electron chi connectivity index (χ4n) is 2.37. The zero-order valence-electron chi connectivity index (χ0n) is 10.8. The lowest BCUT2D eigenvalue weighted by molar-refractivity contribution is 0.0287. The Bertz CT molecular complexity index is 205. The van der Waals surface area contributed by atoms with E-state index in [1.165, 1.54) is 12.8 Å². The molecule has 0 aromatic heterocycles. The summed E-state index contributed by atoms with van der Waals surface area (Å²) >= 11 is 0. The van der Waals surface area contributed by atoms with Gasteiger partial charge in [-0.3, -0.25) is 4.90 Å². The highest BCUT2D eigenvalue weighted by Gasteiger charge is 2.32. The van der Waals surface area contributed by atoms with Crippen LogP contribution in [0.4, 0.5) is 0 Å². The van der Waals surface area contributed by atoms with Crippen molar-refractivity contribution in [2.45, 2.75) is 25.8 Å². The normalized spacial score (nSPS) is 23.2. The van der Waals surface area contributed by atoms with Crippen molar-refractivity contribution in [3.8, 4) is 0 Å². The van der Waals surface area contributed by atoms with E-state index in [0.717, 1.165) is 19.6 Å². The van der Waals surface area contributed by atoms with E-state index in [1.54, 1.807) is 0 Å². The number of hydrogen-bond acceptors (Lipinski definition) is 4. The smallest absolute Gasteiger partial charge is 0.0519 e. The molecular weight excluding hydrogens is 204 g/mol. The van der Waals surface area contributed by atoms with Crippen molar-refractivity contribution in [2.75, 3.05) is 46.9 Å². The minimum absolute atomic E-state index is 0.0503. The van der Waals surface area contributed by atoms with Gasteiger partial charge in [-0.15, -0.1) is 0 Å². The summed E-state index contributed by atoms with van der Waals surface area (Å²) in [5.41, 5.74) is -0.366. The molecule has 0 radical (unpaired) electrons. The SMILES string of the molecule is CN(C)CC1CCCN1CC(C)(CO)CO. The van der Waals surface area contributed by atoms with Gasteiger partial charge in [-0.05, 0) is 33.5 Å². The van der Waals surface area contributed by atoms with Crippen LogP contribution in [0.1, 0.15) is 19.8 Å². The van der Waals surface area contributed by atoms with Gasteiger partial charge in [-0.2, -0.15) is 0 Å². The second-order valence-electron chi connectivity index (χ2n) is 5.66. The van der Waals surface area contributed by atoms with E-state index < -0.39 is 0 Å². The summed E-state index contributed by atoms with van der Waals surface area (Å²) in [6.45, 7) is 4.99. The van der Waals surface area contributed by atoms with Gasteiger partial charge in [-0.25, -0.2) is 0 Å². The molecule has 1 heterocycles. The molecule has 1 saturated heterocycles. The van der Waals surface area contributed by atoms with Crippen LogP contribution in [0, 0.1) is 5.41 Å². The standard InChI is InChI=1S/C12H26N2O2/c1-12(9-15,10-16)8-14-6-4-5-11(14)7-13(2)3/h11,15-16H,4-10H2,1-3H3. The van der Waals surface area contributed by atoms with Crippen LogP contribution in [0.2, 0.25) is 0 Å². The van der Waals surface area contributed by atoms with Crippen LogP contribution in [-0.4, -0.2) is 73.0 Å². The Labute approximate surface area is 98.9 Å². The second kappa shape index (κ2) is 5.96. The highest BCUT2D eigenvalue weighted by molar-refractivity contribution is 4.86. The third-order valence-electron chi connectivity index (χ3n) is 3.42. The van der Waals surface area contributed by atoms with Gasteiger partial charge < -0.3 is 15.1 Å². The van der Waals surface area contributed by atoms with Crippen LogP contribution < -0.4 is 0 Å². The summed E-state index contributed by atoms with van der Waals surface area (Å²) < 4.78 is 0. The quantitative estimate of drug-likeness (QED) is 0.674. The van der Waals surface area contributed by atoms with Gasteiger partial charge in [0.25, 0.3) is 0 Å². The molecule has 4 heteroatoms. The molecule has 1 fully saturated rings. The van der Waals surface area contributed by atoms with Gasteiger partial charge >= 0.3 is 0 Å². The van der Waals surface area contributed by atoms with Crippen molar-refractivity contribution in [3.63, 3.8) is 0 Å². The average Bonchev–Trinajstić information content (AvgIpc) is 2.64. The number of rotatable bonds is 6. The van der Waals surface area contributed by atoms with Crippen LogP contribution >= 0.6 is 0 Å². The maximum Gasteiger partial charge on any atom is 0.0519 e. The Morgan fingerprint density at radius 2 is 1.94 bits per heavy atom. The zero-order valence-corrected chi connectivity index (χ0v) is 10.8. The fraction of sp³-hybridized carbons (Fsp3) is 1.00. The molecule has 4 nitrogen and oxygen atoms in total. The lowest BCUT2D eigenvalue weighted by Gasteiger charge is -2.34. The van der Waals surface area contributed by atoms with Crippen LogP contribution in [0.5, 0.6) is 0 Å². The van der Waals surface area contributed by atoms with E-state index in [2.05, 4.69) is 23.9 Å². The minimum atomic E-state index is -0.366. The highest BCUT2D eigenvalue weighted by atomic mass is 16.3. The predicted molar refractivity (Wildman–Crippen MR) is 65.4 cm³/mol. The van der Waals surface area contributed by atoms with Crippen molar-refractivity contribution < 1.29 is 10.2 Å². The van der Waals surface area contributed by atoms with E-state index in [4.69, 9.17) is 0 Å². The summed E-state index contributed by atoms with van der Waals surface area (Å²) in [7, 11) is 4.18. The third-order valence-corrected chi connectivity index (χ3v) is 3.42. The fourth-order valence-corrected chi connectivity index (χ4v) is 2.37. The topological polar surface area (TPSA) is 46.9 Å². The van der Waals surface area contributed by atoms with E-state index in [0.29, 0.717) is 6.04 Å². The molecule has 1 aliphatic heterocycles. The molecule has 1 aliphatic rings. The summed E-state index contributed by atoms with van der Waals surface area (Å²) in [4.78, 5) is 4.62. The molecule has 1 rings (SSSR count). The molecule has 0 bridgehead atoms. The predicted octanol–water partition coefficient (Wildman–Crippen LogP) is 0.00330.